The quantitative estimate of drug-likeness (QED) is 0.403. The highest BCUT2D eigenvalue weighted by molar-refractivity contribution is 6.15. The maximum absolute atomic E-state index is 14.0. The van der Waals surface area contributed by atoms with E-state index < -0.39 is 23.8 Å². The molecule has 0 spiro atoms. The van der Waals surface area contributed by atoms with Crippen molar-refractivity contribution < 1.29 is 23.1 Å². The van der Waals surface area contributed by atoms with Gasteiger partial charge in [0.25, 0.3) is 0 Å². The average molecular weight is 475 g/mol. The number of Topliss-reactive ketones (excluding diaryl/α,β-unsaturated/α-hetero) is 1. The Balaban J connectivity index is 1.41. The minimum Gasteiger partial charge on any atom is -0.445 e. The molecule has 35 heavy (non-hydrogen) atoms. The first-order valence-corrected chi connectivity index (χ1v) is 11.3. The van der Waals surface area contributed by atoms with Gasteiger partial charge >= 0.3 is 6.09 Å². The van der Waals surface area contributed by atoms with Gasteiger partial charge in [-0.1, -0.05) is 42.5 Å². The Bertz CT molecular complexity index is 1390. The summed E-state index contributed by atoms with van der Waals surface area (Å²) in [6.07, 6.45) is -0.500. The number of benzene rings is 3. The fraction of sp³-hybridized carbons (Fsp3) is 0.185. The standard InChI is InChI=1S/C27H23F2N3O3/c28-19-8-4-7-18(13-19)25-24(21-10-9-20(29)14-22(21)31-25)26(33)23-15-32(12-11-30-23)27(34)35-16-17-5-2-1-3-6-17/h1-10,13-14,23,30-31H,11-12,15-16H2/t23-/m1/s1. The number of nitrogens with zero attached hydrogens (tertiary/aromatic N) is 1. The van der Waals surface area contributed by atoms with E-state index in [-0.39, 0.29) is 18.9 Å². The molecule has 2 N–H and O–H groups in total. The summed E-state index contributed by atoms with van der Waals surface area (Å²) >= 11 is 0. The zero-order chi connectivity index (χ0) is 24.4. The molecule has 6 nitrogen and oxygen atoms in total. The molecule has 2 heterocycles. The smallest absolute Gasteiger partial charge is 0.410 e. The number of amides is 1. The van der Waals surface area contributed by atoms with E-state index in [1.54, 1.807) is 12.1 Å². The van der Waals surface area contributed by atoms with E-state index >= 15 is 0 Å². The summed E-state index contributed by atoms with van der Waals surface area (Å²) in [5, 5.41) is 3.70. The van der Waals surface area contributed by atoms with Crippen molar-refractivity contribution in [2.24, 2.45) is 0 Å². The number of aromatic amines is 1. The molecular formula is C27H23F2N3O3. The fourth-order valence-corrected chi connectivity index (χ4v) is 4.36. The Labute approximate surface area is 200 Å². The van der Waals surface area contributed by atoms with Crippen LogP contribution in [0.3, 0.4) is 0 Å². The molecule has 1 atom stereocenters. The Kier molecular flexibility index (Phi) is 6.29. The van der Waals surface area contributed by atoms with Crippen LogP contribution in [0.4, 0.5) is 13.6 Å². The van der Waals surface area contributed by atoms with Crippen molar-refractivity contribution in [1.29, 1.82) is 0 Å². The van der Waals surface area contributed by atoms with Gasteiger partial charge in [-0.15, -0.1) is 0 Å². The lowest BCUT2D eigenvalue weighted by atomic mass is 9.96. The van der Waals surface area contributed by atoms with Gasteiger partial charge in [0, 0.05) is 36.1 Å². The third kappa shape index (κ3) is 4.79. The number of hydrogen-bond donors (Lipinski definition) is 2. The van der Waals surface area contributed by atoms with Gasteiger partial charge in [0.15, 0.2) is 5.78 Å². The summed E-state index contributed by atoms with van der Waals surface area (Å²) in [6.45, 7) is 1.05. The van der Waals surface area contributed by atoms with E-state index in [1.165, 1.54) is 35.2 Å². The van der Waals surface area contributed by atoms with Crippen LogP contribution < -0.4 is 5.32 Å². The zero-order valence-corrected chi connectivity index (χ0v) is 18.8. The zero-order valence-electron chi connectivity index (χ0n) is 18.8. The summed E-state index contributed by atoms with van der Waals surface area (Å²) in [5.41, 5.74) is 2.50. The first-order chi connectivity index (χ1) is 17.0. The number of hydrogen-bond acceptors (Lipinski definition) is 4. The summed E-state index contributed by atoms with van der Waals surface area (Å²) in [4.78, 5) is 31.0. The van der Waals surface area contributed by atoms with Gasteiger partial charge < -0.3 is 19.9 Å². The Morgan fingerprint density at radius 1 is 0.971 bits per heavy atom. The summed E-state index contributed by atoms with van der Waals surface area (Å²) in [7, 11) is 0. The lowest BCUT2D eigenvalue weighted by Crippen LogP contribution is -2.55. The molecule has 4 aromatic rings. The van der Waals surface area contributed by atoms with E-state index in [9.17, 15) is 18.4 Å². The lowest BCUT2D eigenvalue weighted by Gasteiger charge is -2.32. The molecule has 5 rings (SSSR count). The number of rotatable bonds is 5. The van der Waals surface area contributed by atoms with E-state index in [4.69, 9.17) is 4.74 Å². The van der Waals surface area contributed by atoms with Crippen LogP contribution >= 0.6 is 0 Å². The predicted octanol–water partition coefficient (Wildman–Crippen LogP) is 4.91. The first kappa shape index (κ1) is 22.7. The van der Waals surface area contributed by atoms with Crippen LogP contribution in [0.25, 0.3) is 22.2 Å². The molecule has 0 aliphatic carbocycles. The van der Waals surface area contributed by atoms with Crippen LogP contribution in [0.1, 0.15) is 15.9 Å². The van der Waals surface area contributed by atoms with E-state index in [0.29, 0.717) is 40.8 Å². The molecule has 0 radical (unpaired) electrons. The minimum atomic E-state index is -0.704. The molecular weight excluding hydrogens is 452 g/mol. The summed E-state index contributed by atoms with van der Waals surface area (Å²) in [5.74, 6) is -1.18. The second-order valence-electron chi connectivity index (χ2n) is 8.43. The highest BCUT2D eigenvalue weighted by Crippen LogP contribution is 2.32. The Hall–Kier alpha value is -4.04. The number of halogens is 2. The second-order valence-corrected chi connectivity index (χ2v) is 8.43. The van der Waals surface area contributed by atoms with Gasteiger partial charge in [0.2, 0.25) is 0 Å². The molecule has 1 fully saturated rings. The van der Waals surface area contributed by atoms with Gasteiger partial charge in [0.05, 0.1) is 17.3 Å². The van der Waals surface area contributed by atoms with Gasteiger partial charge in [-0.25, -0.2) is 13.6 Å². The van der Waals surface area contributed by atoms with Crippen molar-refractivity contribution >= 4 is 22.8 Å². The molecule has 1 amide bonds. The van der Waals surface area contributed by atoms with Crippen molar-refractivity contribution in [3.63, 3.8) is 0 Å². The van der Waals surface area contributed by atoms with Crippen LogP contribution in [0.15, 0.2) is 72.8 Å². The third-order valence-electron chi connectivity index (χ3n) is 6.08. The van der Waals surface area contributed by atoms with E-state index in [2.05, 4.69) is 10.3 Å². The second kappa shape index (κ2) is 9.68. The van der Waals surface area contributed by atoms with Crippen molar-refractivity contribution in [3.8, 4) is 11.3 Å². The number of carbonyl (C=O) groups excluding carboxylic acids is 2. The average Bonchev–Trinajstić information content (AvgIpc) is 3.26. The first-order valence-electron chi connectivity index (χ1n) is 11.3. The van der Waals surface area contributed by atoms with Crippen molar-refractivity contribution in [3.05, 3.63) is 95.6 Å². The number of piperazine rings is 1. The third-order valence-corrected chi connectivity index (χ3v) is 6.08. The number of carbonyl (C=O) groups is 2. The van der Waals surface area contributed by atoms with E-state index in [1.807, 2.05) is 30.3 Å². The maximum Gasteiger partial charge on any atom is 0.410 e. The topological polar surface area (TPSA) is 74.4 Å². The molecule has 1 aromatic heterocycles. The normalized spacial score (nSPS) is 15.8. The largest absolute Gasteiger partial charge is 0.445 e. The van der Waals surface area contributed by atoms with Crippen molar-refractivity contribution in [1.82, 2.24) is 15.2 Å². The van der Waals surface area contributed by atoms with Crippen LogP contribution in [0.5, 0.6) is 0 Å². The van der Waals surface area contributed by atoms with Crippen LogP contribution in [0, 0.1) is 11.6 Å². The van der Waals surface area contributed by atoms with Gasteiger partial charge in [-0.2, -0.15) is 0 Å². The van der Waals surface area contributed by atoms with Crippen LogP contribution in [-0.4, -0.2) is 47.4 Å². The summed E-state index contributed by atoms with van der Waals surface area (Å²) in [6, 6.07) is 18.6. The molecule has 3 aromatic carbocycles. The van der Waals surface area contributed by atoms with Gasteiger partial charge in [0.1, 0.15) is 18.2 Å². The molecule has 0 saturated carbocycles. The van der Waals surface area contributed by atoms with Gasteiger partial charge in [-0.05, 0) is 35.9 Å². The van der Waals surface area contributed by atoms with Crippen molar-refractivity contribution in [2.75, 3.05) is 19.6 Å². The predicted molar refractivity (Wildman–Crippen MR) is 128 cm³/mol. The molecule has 178 valence electrons. The Morgan fingerprint density at radius 3 is 2.57 bits per heavy atom. The highest BCUT2D eigenvalue weighted by Gasteiger charge is 2.32. The number of fused-ring (bicyclic) bond motifs is 1. The highest BCUT2D eigenvalue weighted by atomic mass is 19.1. The minimum absolute atomic E-state index is 0.114. The molecule has 0 bridgehead atoms. The van der Waals surface area contributed by atoms with Crippen LogP contribution in [-0.2, 0) is 11.3 Å². The Morgan fingerprint density at radius 2 is 1.77 bits per heavy atom. The SMILES string of the molecule is O=C(c1c(-c2cccc(F)c2)[nH]c2cc(F)ccc12)[C@H]1CN(C(=O)OCc2ccccc2)CCN1. The summed E-state index contributed by atoms with van der Waals surface area (Å²) < 4.78 is 33.3. The number of ether oxygens (including phenoxy) is 1. The van der Waals surface area contributed by atoms with Gasteiger partial charge in [-0.3, -0.25) is 4.79 Å². The number of H-pyrrole nitrogens is 1. The fourth-order valence-electron chi connectivity index (χ4n) is 4.36. The molecule has 1 saturated heterocycles. The molecule has 8 heteroatoms. The number of nitrogens with one attached hydrogen (secondary N) is 2. The lowest BCUT2D eigenvalue weighted by molar-refractivity contribution is 0.0754. The van der Waals surface area contributed by atoms with Crippen molar-refractivity contribution in [2.45, 2.75) is 12.6 Å². The maximum atomic E-state index is 14.0. The number of aromatic nitrogens is 1. The molecule has 1 aliphatic rings. The van der Waals surface area contributed by atoms with E-state index in [0.717, 1.165) is 5.56 Å². The number of ketones is 1. The molecule has 1 aliphatic heterocycles. The van der Waals surface area contributed by atoms with Crippen LogP contribution in [0.2, 0.25) is 0 Å². The monoisotopic (exact) mass is 475 g/mol. The molecule has 0 unspecified atom stereocenters.